The van der Waals surface area contributed by atoms with Gasteiger partial charge in [0, 0.05) is 46.8 Å². The van der Waals surface area contributed by atoms with Gasteiger partial charge in [-0.25, -0.2) is 12.7 Å². The van der Waals surface area contributed by atoms with Crippen LogP contribution in [0.3, 0.4) is 0 Å². The average molecular weight is 446 g/mol. The Kier molecular flexibility index (Phi) is 9.48. The van der Waals surface area contributed by atoms with Gasteiger partial charge < -0.3 is 10.6 Å². The number of hydrogen-bond acceptors (Lipinski definition) is 4. The van der Waals surface area contributed by atoms with E-state index in [-0.39, 0.29) is 4.90 Å². The van der Waals surface area contributed by atoms with Gasteiger partial charge in [-0.05, 0) is 43.7 Å². The van der Waals surface area contributed by atoms with E-state index in [2.05, 4.69) is 58.8 Å². The van der Waals surface area contributed by atoms with E-state index in [0.717, 1.165) is 31.0 Å². The normalized spacial score (nSPS) is 13.5. The van der Waals surface area contributed by atoms with Crippen molar-refractivity contribution < 1.29 is 8.42 Å². The molecule has 0 aliphatic rings. The minimum Gasteiger partial charge on any atom is -0.356 e. The second-order valence-electron chi connectivity index (χ2n) is 7.82. The standard InChI is InChI=1S/C23H35N5O2S/c1-19(28(5)18-21-9-7-6-8-10-21)15-16-25-23(24-2)26-17-20-11-13-22(14-12-20)31(29,30)27(3)4/h6-14,19H,15-18H2,1-5H3,(H2,24,25,26). The highest BCUT2D eigenvalue weighted by molar-refractivity contribution is 7.89. The molecule has 8 heteroatoms. The molecule has 31 heavy (non-hydrogen) atoms. The Hall–Kier alpha value is -2.42. The average Bonchev–Trinajstić information content (AvgIpc) is 2.76. The fourth-order valence-corrected chi connectivity index (χ4v) is 3.95. The zero-order valence-electron chi connectivity index (χ0n) is 19.2. The van der Waals surface area contributed by atoms with Gasteiger partial charge in [-0.1, -0.05) is 42.5 Å². The minimum atomic E-state index is -3.40. The Morgan fingerprint density at radius 1 is 0.968 bits per heavy atom. The highest BCUT2D eigenvalue weighted by atomic mass is 32.2. The molecule has 7 nitrogen and oxygen atoms in total. The summed E-state index contributed by atoms with van der Waals surface area (Å²) in [5, 5.41) is 6.62. The van der Waals surface area contributed by atoms with Crippen LogP contribution < -0.4 is 10.6 Å². The van der Waals surface area contributed by atoms with Crippen LogP contribution in [0.1, 0.15) is 24.5 Å². The summed E-state index contributed by atoms with van der Waals surface area (Å²) in [4.78, 5) is 6.90. The third-order valence-corrected chi connectivity index (χ3v) is 7.10. The van der Waals surface area contributed by atoms with Crippen LogP contribution in [0, 0.1) is 0 Å². The first-order valence-electron chi connectivity index (χ1n) is 10.4. The molecule has 1 unspecified atom stereocenters. The number of sulfonamides is 1. The van der Waals surface area contributed by atoms with Gasteiger partial charge >= 0.3 is 0 Å². The molecule has 0 bridgehead atoms. The van der Waals surface area contributed by atoms with Gasteiger partial charge in [-0.2, -0.15) is 0 Å². The van der Waals surface area contributed by atoms with Gasteiger partial charge in [-0.15, -0.1) is 0 Å². The van der Waals surface area contributed by atoms with Crippen molar-refractivity contribution in [3.05, 3.63) is 65.7 Å². The summed E-state index contributed by atoms with van der Waals surface area (Å²) in [5.41, 5.74) is 2.29. The molecule has 0 heterocycles. The first-order valence-corrected chi connectivity index (χ1v) is 11.9. The maximum Gasteiger partial charge on any atom is 0.242 e. The van der Waals surface area contributed by atoms with E-state index in [1.165, 1.54) is 24.0 Å². The first-order chi connectivity index (χ1) is 14.7. The molecular weight excluding hydrogens is 410 g/mol. The van der Waals surface area contributed by atoms with E-state index in [4.69, 9.17) is 0 Å². The number of rotatable bonds is 10. The van der Waals surface area contributed by atoms with Crippen LogP contribution in [0.25, 0.3) is 0 Å². The molecule has 0 amide bonds. The monoisotopic (exact) mass is 445 g/mol. The SMILES string of the molecule is CN=C(NCCC(C)N(C)Cc1ccccc1)NCc1ccc(S(=O)(=O)N(C)C)cc1. The molecule has 0 fully saturated rings. The van der Waals surface area contributed by atoms with Gasteiger partial charge in [0.05, 0.1) is 4.90 Å². The Bertz CT molecular complexity index is 928. The van der Waals surface area contributed by atoms with E-state index >= 15 is 0 Å². The van der Waals surface area contributed by atoms with Crippen molar-refractivity contribution >= 4 is 16.0 Å². The molecule has 170 valence electrons. The van der Waals surface area contributed by atoms with Crippen LogP contribution in [0.2, 0.25) is 0 Å². The van der Waals surface area contributed by atoms with Gasteiger partial charge in [0.15, 0.2) is 5.96 Å². The maximum atomic E-state index is 12.2. The van der Waals surface area contributed by atoms with Crippen molar-refractivity contribution in [1.29, 1.82) is 0 Å². The van der Waals surface area contributed by atoms with Crippen LogP contribution in [-0.2, 0) is 23.1 Å². The van der Waals surface area contributed by atoms with Crippen LogP contribution in [0.5, 0.6) is 0 Å². The molecule has 0 spiro atoms. The fraction of sp³-hybridized carbons (Fsp3) is 0.435. The molecule has 1 atom stereocenters. The molecular formula is C23H35N5O2S. The number of hydrogen-bond donors (Lipinski definition) is 2. The van der Waals surface area contributed by atoms with Crippen molar-refractivity contribution in [3.8, 4) is 0 Å². The maximum absolute atomic E-state index is 12.2. The van der Waals surface area contributed by atoms with Crippen LogP contribution in [-0.4, -0.2) is 64.4 Å². The van der Waals surface area contributed by atoms with E-state index in [1.54, 1.807) is 19.2 Å². The zero-order chi connectivity index (χ0) is 22.9. The Labute approximate surface area is 187 Å². The van der Waals surface area contributed by atoms with Crippen molar-refractivity contribution in [3.63, 3.8) is 0 Å². The highest BCUT2D eigenvalue weighted by Crippen LogP contribution is 2.14. The molecule has 0 aromatic heterocycles. The third-order valence-electron chi connectivity index (χ3n) is 5.27. The van der Waals surface area contributed by atoms with Crippen LogP contribution >= 0.6 is 0 Å². The number of nitrogens with one attached hydrogen (secondary N) is 2. The largest absolute Gasteiger partial charge is 0.356 e. The number of aliphatic imine (C=N–C) groups is 1. The summed E-state index contributed by atoms with van der Waals surface area (Å²) in [7, 11) is 3.54. The van der Waals surface area contributed by atoms with Crippen molar-refractivity contribution in [2.75, 3.05) is 34.7 Å². The molecule has 0 saturated heterocycles. The lowest BCUT2D eigenvalue weighted by Gasteiger charge is -2.25. The van der Waals surface area contributed by atoms with Crippen LogP contribution in [0.4, 0.5) is 0 Å². The molecule has 2 aromatic carbocycles. The summed E-state index contributed by atoms with van der Waals surface area (Å²) >= 11 is 0. The van der Waals surface area contributed by atoms with Crippen molar-refractivity contribution in [2.45, 2.75) is 37.4 Å². The van der Waals surface area contributed by atoms with E-state index in [9.17, 15) is 8.42 Å². The lowest BCUT2D eigenvalue weighted by molar-refractivity contribution is 0.238. The molecule has 2 rings (SSSR count). The summed E-state index contributed by atoms with van der Waals surface area (Å²) < 4.78 is 25.5. The zero-order valence-corrected chi connectivity index (χ0v) is 20.0. The molecule has 2 aromatic rings. The molecule has 0 saturated carbocycles. The van der Waals surface area contributed by atoms with Gasteiger partial charge in [-0.3, -0.25) is 9.89 Å². The van der Waals surface area contributed by atoms with Crippen molar-refractivity contribution in [1.82, 2.24) is 19.8 Å². The molecule has 0 aliphatic heterocycles. The number of nitrogens with zero attached hydrogens (tertiary/aromatic N) is 3. The molecule has 0 radical (unpaired) electrons. The summed E-state index contributed by atoms with van der Waals surface area (Å²) in [5.74, 6) is 0.725. The Morgan fingerprint density at radius 2 is 1.61 bits per heavy atom. The number of guanidine groups is 1. The quantitative estimate of drug-likeness (QED) is 0.434. The third kappa shape index (κ3) is 7.65. The Morgan fingerprint density at radius 3 is 2.19 bits per heavy atom. The first kappa shape index (κ1) is 24.8. The van der Waals surface area contributed by atoms with Crippen molar-refractivity contribution in [2.24, 2.45) is 4.99 Å². The number of benzene rings is 2. The van der Waals surface area contributed by atoms with Gasteiger partial charge in [0.2, 0.25) is 10.0 Å². The highest BCUT2D eigenvalue weighted by Gasteiger charge is 2.16. The lowest BCUT2D eigenvalue weighted by atomic mass is 10.1. The summed E-state index contributed by atoms with van der Waals surface area (Å²) in [6, 6.07) is 17.8. The summed E-state index contributed by atoms with van der Waals surface area (Å²) in [6.07, 6.45) is 0.987. The second kappa shape index (κ2) is 11.8. The lowest BCUT2D eigenvalue weighted by Crippen LogP contribution is -2.39. The summed E-state index contributed by atoms with van der Waals surface area (Å²) in [6.45, 7) is 4.52. The predicted octanol–water partition coefficient (Wildman–Crippen LogP) is 2.51. The topological polar surface area (TPSA) is 77.0 Å². The minimum absolute atomic E-state index is 0.289. The smallest absolute Gasteiger partial charge is 0.242 e. The Balaban J connectivity index is 1.77. The van der Waals surface area contributed by atoms with E-state index in [1.807, 2.05) is 18.2 Å². The van der Waals surface area contributed by atoms with Gasteiger partial charge in [0.1, 0.15) is 0 Å². The fourth-order valence-electron chi connectivity index (χ4n) is 3.04. The second-order valence-corrected chi connectivity index (χ2v) is 9.97. The van der Waals surface area contributed by atoms with Gasteiger partial charge in [0.25, 0.3) is 0 Å². The van der Waals surface area contributed by atoms with E-state index < -0.39 is 10.0 Å². The van der Waals surface area contributed by atoms with Crippen LogP contribution in [0.15, 0.2) is 64.5 Å². The van der Waals surface area contributed by atoms with E-state index in [0.29, 0.717) is 12.6 Å². The molecule has 0 aliphatic carbocycles. The predicted molar refractivity (Wildman–Crippen MR) is 128 cm³/mol. The molecule has 2 N–H and O–H groups in total.